The first-order valence-corrected chi connectivity index (χ1v) is 4.14. The van der Waals surface area contributed by atoms with Crippen LogP contribution in [0.25, 0.3) is 6.08 Å². The molecule has 0 saturated heterocycles. The van der Waals surface area contributed by atoms with Crippen molar-refractivity contribution in [3.05, 3.63) is 24.0 Å². The summed E-state index contributed by atoms with van der Waals surface area (Å²) in [4.78, 5) is 18.4. The van der Waals surface area contributed by atoms with Crippen molar-refractivity contribution in [2.24, 2.45) is 0 Å². The van der Waals surface area contributed by atoms with Gasteiger partial charge in [0, 0.05) is 24.0 Å². The topological polar surface area (TPSA) is 78.1 Å². The predicted molar refractivity (Wildman–Crippen MR) is 52.1 cm³/mol. The molecule has 0 fully saturated rings. The van der Waals surface area contributed by atoms with Gasteiger partial charge < -0.3 is 10.5 Å². The Balaban J connectivity index is 2.60. The third-order valence-corrected chi connectivity index (χ3v) is 1.39. The summed E-state index contributed by atoms with van der Waals surface area (Å²) >= 11 is 0. The van der Waals surface area contributed by atoms with Gasteiger partial charge in [-0.1, -0.05) is 0 Å². The summed E-state index contributed by atoms with van der Waals surface area (Å²) in [6, 6.07) is 0. The third kappa shape index (κ3) is 3.22. The molecule has 2 N–H and O–H groups in total. The molecule has 0 aromatic carbocycles. The average Bonchev–Trinajstić information content (AvgIpc) is 2.17. The van der Waals surface area contributed by atoms with E-state index in [-0.39, 0.29) is 11.9 Å². The zero-order valence-corrected chi connectivity index (χ0v) is 7.80. The number of nitrogen functional groups attached to an aromatic ring is 1. The normalized spacial score (nSPS) is 10.4. The van der Waals surface area contributed by atoms with Crippen LogP contribution in [-0.4, -0.2) is 22.5 Å². The van der Waals surface area contributed by atoms with Gasteiger partial charge in [0.1, 0.15) is 0 Å². The Labute approximate surface area is 81.6 Å². The first kappa shape index (κ1) is 10.2. The molecule has 14 heavy (non-hydrogen) atoms. The first-order chi connectivity index (χ1) is 6.72. The fraction of sp³-hybridized carbons (Fsp3) is 0.222. The van der Waals surface area contributed by atoms with Gasteiger partial charge in [0.2, 0.25) is 5.95 Å². The number of ether oxygens (including phenoxy) is 1. The molecule has 1 aromatic heterocycles. The van der Waals surface area contributed by atoms with Gasteiger partial charge in [0.15, 0.2) is 0 Å². The monoisotopic (exact) mass is 193 g/mol. The van der Waals surface area contributed by atoms with Gasteiger partial charge >= 0.3 is 5.97 Å². The summed E-state index contributed by atoms with van der Waals surface area (Å²) in [6.45, 7) is 2.11. The number of nitrogens with zero attached hydrogens (tertiary/aromatic N) is 2. The highest BCUT2D eigenvalue weighted by atomic mass is 16.5. The van der Waals surface area contributed by atoms with Gasteiger partial charge in [0.05, 0.1) is 6.61 Å². The molecular weight excluding hydrogens is 182 g/mol. The maximum Gasteiger partial charge on any atom is 0.330 e. The minimum absolute atomic E-state index is 0.207. The van der Waals surface area contributed by atoms with E-state index in [1.807, 2.05) is 0 Å². The zero-order chi connectivity index (χ0) is 10.4. The van der Waals surface area contributed by atoms with Crippen molar-refractivity contribution in [1.29, 1.82) is 0 Å². The van der Waals surface area contributed by atoms with Gasteiger partial charge in [0.25, 0.3) is 0 Å². The molecule has 0 bridgehead atoms. The molecular formula is C9H11N3O2. The van der Waals surface area contributed by atoms with E-state index in [2.05, 4.69) is 9.97 Å². The number of anilines is 1. The van der Waals surface area contributed by atoms with Crippen LogP contribution in [0.3, 0.4) is 0 Å². The lowest BCUT2D eigenvalue weighted by Crippen LogP contribution is -1.99. The lowest BCUT2D eigenvalue weighted by molar-refractivity contribution is -0.137. The summed E-state index contributed by atoms with van der Waals surface area (Å²) in [6.07, 6.45) is 5.94. The molecule has 1 aromatic rings. The highest BCUT2D eigenvalue weighted by Gasteiger charge is 1.94. The van der Waals surface area contributed by atoms with E-state index < -0.39 is 0 Å². The molecule has 0 aliphatic carbocycles. The minimum Gasteiger partial charge on any atom is -0.463 e. The van der Waals surface area contributed by atoms with Crippen molar-refractivity contribution >= 4 is 18.0 Å². The molecule has 5 nitrogen and oxygen atoms in total. The van der Waals surface area contributed by atoms with Gasteiger partial charge in [-0.05, 0) is 13.0 Å². The van der Waals surface area contributed by atoms with E-state index in [4.69, 9.17) is 10.5 Å². The average molecular weight is 193 g/mol. The molecule has 1 rings (SSSR count). The standard InChI is InChI=1S/C9H11N3O2/c1-2-14-8(13)4-3-7-5-11-9(10)12-6-7/h3-6H,2H2,1H3,(H2,10,11,12). The Morgan fingerprint density at radius 1 is 1.57 bits per heavy atom. The number of nitrogens with two attached hydrogens (primary N) is 1. The number of aromatic nitrogens is 2. The molecule has 0 saturated carbocycles. The van der Waals surface area contributed by atoms with Crippen molar-refractivity contribution in [3.8, 4) is 0 Å². The fourth-order valence-electron chi connectivity index (χ4n) is 0.789. The quantitative estimate of drug-likeness (QED) is 0.562. The number of hydrogen-bond acceptors (Lipinski definition) is 5. The number of hydrogen-bond donors (Lipinski definition) is 1. The highest BCUT2D eigenvalue weighted by molar-refractivity contribution is 5.86. The summed E-state index contributed by atoms with van der Waals surface area (Å²) in [5.41, 5.74) is 5.99. The molecule has 0 aliphatic rings. The van der Waals surface area contributed by atoms with E-state index in [9.17, 15) is 4.79 Å². The Morgan fingerprint density at radius 2 is 2.21 bits per heavy atom. The SMILES string of the molecule is CCOC(=O)C=Cc1cnc(N)nc1. The number of carbonyl (C=O) groups is 1. The second-order valence-electron chi connectivity index (χ2n) is 2.46. The van der Waals surface area contributed by atoms with Crippen LogP contribution in [0.4, 0.5) is 5.95 Å². The van der Waals surface area contributed by atoms with Gasteiger partial charge in [-0.2, -0.15) is 0 Å². The van der Waals surface area contributed by atoms with E-state index in [0.717, 1.165) is 0 Å². The molecule has 0 unspecified atom stereocenters. The van der Waals surface area contributed by atoms with Crippen molar-refractivity contribution in [2.75, 3.05) is 12.3 Å². The minimum atomic E-state index is -0.385. The van der Waals surface area contributed by atoms with Crippen LogP contribution in [0.15, 0.2) is 18.5 Å². The van der Waals surface area contributed by atoms with E-state index in [0.29, 0.717) is 12.2 Å². The largest absolute Gasteiger partial charge is 0.463 e. The van der Waals surface area contributed by atoms with Crippen LogP contribution in [0, 0.1) is 0 Å². The molecule has 0 atom stereocenters. The van der Waals surface area contributed by atoms with Crippen molar-refractivity contribution in [3.63, 3.8) is 0 Å². The maximum atomic E-state index is 10.9. The van der Waals surface area contributed by atoms with E-state index >= 15 is 0 Å². The van der Waals surface area contributed by atoms with Gasteiger partial charge in [-0.25, -0.2) is 14.8 Å². The van der Waals surface area contributed by atoms with Crippen LogP contribution in [0.2, 0.25) is 0 Å². The molecule has 0 amide bonds. The van der Waals surface area contributed by atoms with Crippen LogP contribution >= 0.6 is 0 Å². The zero-order valence-electron chi connectivity index (χ0n) is 7.80. The molecule has 1 heterocycles. The van der Waals surface area contributed by atoms with Crippen LogP contribution in [0.1, 0.15) is 12.5 Å². The number of esters is 1. The molecule has 74 valence electrons. The molecule has 5 heteroatoms. The van der Waals surface area contributed by atoms with Gasteiger partial charge in [-0.3, -0.25) is 0 Å². The number of rotatable bonds is 3. The Bertz CT molecular complexity index is 332. The van der Waals surface area contributed by atoms with Crippen LogP contribution in [-0.2, 0) is 9.53 Å². The van der Waals surface area contributed by atoms with Gasteiger partial charge in [-0.15, -0.1) is 0 Å². The molecule has 0 aliphatic heterocycles. The summed E-state index contributed by atoms with van der Waals surface area (Å²) in [7, 11) is 0. The summed E-state index contributed by atoms with van der Waals surface area (Å²) < 4.78 is 4.70. The third-order valence-electron chi connectivity index (χ3n) is 1.39. The van der Waals surface area contributed by atoms with Crippen LogP contribution in [0.5, 0.6) is 0 Å². The number of carbonyl (C=O) groups excluding carboxylic acids is 1. The molecule has 0 spiro atoms. The molecule has 0 radical (unpaired) electrons. The summed E-state index contributed by atoms with van der Waals surface area (Å²) in [5, 5.41) is 0. The summed E-state index contributed by atoms with van der Waals surface area (Å²) in [5.74, 6) is -0.178. The Kier molecular flexibility index (Phi) is 3.60. The van der Waals surface area contributed by atoms with Crippen LogP contribution < -0.4 is 5.73 Å². The maximum absolute atomic E-state index is 10.9. The van der Waals surface area contributed by atoms with Crippen molar-refractivity contribution in [2.45, 2.75) is 6.92 Å². The second-order valence-corrected chi connectivity index (χ2v) is 2.46. The second kappa shape index (κ2) is 4.96. The lowest BCUT2D eigenvalue weighted by Gasteiger charge is -1.95. The van der Waals surface area contributed by atoms with E-state index in [1.54, 1.807) is 13.0 Å². The Morgan fingerprint density at radius 3 is 2.79 bits per heavy atom. The van der Waals surface area contributed by atoms with E-state index in [1.165, 1.54) is 18.5 Å². The van der Waals surface area contributed by atoms with Crippen molar-refractivity contribution < 1.29 is 9.53 Å². The fourth-order valence-corrected chi connectivity index (χ4v) is 0.789. The lowest BCUT2D eigenvalue weighted by atomic mass is 10.3. The van der Waals surface area contributed by atoms with Crippen molar-refractivity contribution in [1.82, 2.24) is 9.97 Å². The first-order valence-electron chi connectivity index (χ1n) is 4.14. The predicted octanol–water partition coefficient (Wildman–Crippen LogP) is 0.635. The smallest absolute Gasteiger partial charge is 0.330 e. The highest BCUT2D eigenvalue weighted by Crippen LogP contribution is 1.99. The Hall–Kier alpha value is -1.91.